The van der Waals surface area contributed by atoms with Crippen LogP contribution in [0.15, 0.2) is 28.8 Å². The molecule has 0 aliphatic rings. The average molecular weight is 279 g/mol. The van der Waals surface area contributed by atoms with Gasteiger partial charge in [0.15, 0.2) is 5.76 Å². The summed E-state index contributed by atoms with van der Waals surface area (Å²) in [7, 11) is 0. The lowest BCUT2D eigenvalue weighted by atomic mass is 10.1. The summed E-state index contributed by atoms with van der Waals surface area (Å²) in [5.41, 5.74) is -0.158. The SMILES string of the molecule is Cc1cc(CNC(=O)c2cc(F)ccc2[N+](=O)[O-])on1. The normalized spacial score (nSPS) is 10.3. The molecule has 0 bridgehead atoms. The average Bonchev–Trinajstić information content (AvgIpc) is 2.81. The van der Waals surface area contributed by atoms with Crippen molar-refractivity contribution in [2.45, 2.75) is 13.5 Å². The van der Waals surface area contributed by atoms with Gasteiger partial charge in [-0.15, -0.1) is 0 Å². The first-order valence-corrected chi connectivity index (χ1v) is 5.61. The number of aryl methyl sites for hydroxylation is 1. The van der Waals surface area contributed by atoms with Gasteiger partial charge in [0, 0.05) is 12.1 Å². The number of halogens is 1. The van der Waals surface area contributed by atoms with E-state index in [9.17, 15) is 19.3 Å². The Bertz CT molecular complexity index is 668. The molecule has 2 rings (SSSR count). The minimum Gasteiger partial charge on any atom is -0.359 e. The molecule has 8 heteroatoms. The second-order valence-electron chi connectivity index (χ2n) is 4.04. The zero-order chi connectivity index (χ0) is 14.7. The lowest BCUT2D eigenvalue weighted by molar-refractivity contribution is -0.385. The van der Waals surface area contributed by atoms with Gasteiger partial charge in [-0.25, -0.2) is 4.39 Å². The molecule has 0 fully saturated rings. The van der Waals surface area contributed by atoms with E-state index in [0.29, 0.717) is 11.5 Å². The first-order chi connectivity index (χ1) is 9.47. The van der Waals surface area contributed by atoms with E-state index in [1.807, 2.05) is 0 Å². The van der Waals surface area contributed by atoms with Crippen molar-refractivity contribution in [3.8, 4) is 0 Å². The number of nitro benzene ring substituents is 1. The van der Waals surface area contributed by atoms with Gasteiger partial charge in [-0.05, 0) is 19.1 Å². The fourth-order valence-electron chi connectivity index (χ4n) is 1.61. The summed E-state index contributed by atoms with van der Waals surface area (Å²) < 4.78 is 18.0. The van der Waals surface area contributed by atoms with E-state index in [1.54, 1.807) is 13.0 Å². The molecule has 0 saturated heterocycles. The monoisotopic (exact) mass is 279 g/mol. The summed E-state index contributed by atoms with van der Waals surface area (Å²) in [5, 5.41) is 16.8. The zero-order valence-corrected chi connectivity index (χ0v) is 10.4. The molecule has 0 aliphatic heterocycles. The Morgan fingerprint density at radius 2 is 2.25 bits per heavy atom. The first-order valence-electron chi connectivity index (χ1n) is 5.61. The number of nitrogens with zero attached hydrogens (tertiary/aromatic N) is 2. The summed E-state index contributed by atoms with van der Waals surface area (Å²) in [6.45, 7) is 1.72. The highest BCUT2D eigenvalue weighted by atomic mass is 19.1. The van der Waals surface area contributed by atoms with Gasteiger partial charge in [-0.3, -0.25) is 14.9 Å². The lowest BCUT2D eigenvalue weighted by Gasteiger charge is -2.04. The Morgan fingerprint density at radius 3 is 2.85 bits per heavy atom. The Labute approximate surface area is 112 Å². The molecule has 104 valence electrons. The van der Waals surface area contributed by atoms with Crippen LogP contribution >= 0.6 is 0 Å². The highest BCUT2D eigenvalue weighted by molar-refractivity contribution is 5.98. The van der Waals surface area contributed by atoms with Crippen LogP contribution < -0.4 is 5.32 Å². The van der Waals surface area contributed by atoms with Crippen LogP contribution in [0.4, 0.5) is 10.1 Å². The Morgan fingerprint density at radius 1 is 1.50 bits per heavy atom. The molecule has 1 amide bonds. The van der Waals surface area contributed by atoms with Gasteiger partial charge in [-0.2, -0.15) is 0 Å². The quantitative estimate of drug-likeness (QED) is 0.681. The number of benzene rings is 1. The number of nitrogens with one attached hydrogen (secondary N) is 1. The third-order valence-electron chi connectivity index (χ3n) is 2.50. The van der Waals surface area contributed by atoms with Crippen molar-refractivity contribution in [3.63, 3.8) is 0 Å². The van der Waals surface area contributed by atoms with Gasteiger partial charge in [0.1, 0.15) is 11.4 Å². The molecule has 0 unspecified atom stereocenters. The molecule has 0 atom stereocenters. The molecule has 2 aromatic rings. The van der Waals surface area contributed by atoms with Gasteiger partial charge in [0.25, 0.3) is 11.6 Å². The summed E-state index contributed by atoms with van der Waals surface area (Å²) >= 11 is 0. The summed E-state index contributed by atoms with van der Waals surface area (Å²) in [6, 6.07) is 4.30. The maximum Gasteiger partial charge on any atom is 0.282 e. The predicted octanol–water partition coefficient (Wildman–Crippen LogP) is 1.96. The highest BCUT2D eigenvalue weighted by Gasteiger charge is 2.21. The summed E-state index contributed by atoms with van der Waals surface area (Å²) in [6.07, 6.45) is 0. The zero-order valence-electron chi connectivity index (χ0n) is 10.4. The molecule has 7 nitrogen and oxygen atoms in total. The number of amides is 1. The molecule has 0 saturated carbocycles. The first kappa shape index (κ1) is 13.7. The molecular weight excluding hydrogens is 269 g/mol. The fourth-order valence-corrected chi connectivity index (χ4v) is 1.61. The van der Waals surface area contributed by atoms with E-state index in [2.05, 4.69) is 10.5 Å². The van der Waals surface area contributed by atoms with Crippen molar-refractivity contribution in [2.24, 2.45) is 0 Å². The van der Waals surface area contributed by atoms with Crippen LogP contribution in [-0.2, 0) is 6.54 Å². The van der Waals surface area contributed by atoms with Crippen LogP contribution in [-0.4, -0.2) is 16.0 Å². The number of carbonyl (C=O) groups is 1. The van der Waals surface area contributed by atoms with Crippen molar-refractivity contribution in [2.75, 3.05) is 0 Å². The van der Waals surface area contributed by atoms with Crippen LogP contribution in [0, 0.1) is 22.9 Å². The highest BCUT2D eigenvalue weighted by Crippen LogP contribution is 2.19. The Balaban J connectivity index is 2.16. The minimum atomic E-state index is -0.759. The molecule has 0 spiro atoms. The van der Waals surface area contributed by atoms with Crippen LogP contribution in [0.5, 0.6) is 0 Å². The van der Waals surface area contributed by atoms with E-state index >= 15 is 0 Å². The van der Waals surface area contributed by atoms with Crippen LogP contribution in [0.25, 0.3) is 0 Å². The predicted molar refractivity (Wildman–Crippen MR) is 65.5 cm³/mol. The van der Waals surface area contributed by atoms with E-state index in [0.717, 1.165) is 18.2 Å². The van der Waals surface area contributed by atoms with Crippen LogP contribution in [0.1, 0.15) is 21.8 Å². The van der Waals surface area contributed by atoms with Crippen molar-refractivity contribution in [3.05, 3.63) is 57.2 Å². The lowest BCUT2D eigenvalue weighted by Crippen LogP contribution is -2.23. The number of aromatic nitrogens is 1. The molecule has 0 radical (unpaired) electrons. The number of rotatable bonds is 4. The summed E-state index contributed by atoms with van der Waals surface area (Å²) in [4.78, 5) is 21.9. The largest absolute Gasteiger partial charge is 0.359 e. The molecule has 1 N–H and O–H groups in total. The van der Waals surface area contributed by atoms with E-state index in [4.69, 9.17) is 4.52 Å². The fraction of sp³-hybridized carbons (Fsp3) is 0.167. The van der Waals surface area contributed by atoms with Gasteiger partial charge in [-0.1, -0.05) is 5.16 Å². The topological polar surface area (TPSA) is 98.3 Å². The van der Waals surface area contributed by atoms with Crippen LogP contribution in [0.3, 0.4) is 0 Å². The molecule has 20 heavy (non-hydrogen) atoms. The second-order valence-corrected chi connectivity index (χ2v) is 4.04. The van der Waals surface area contributed by atoms with E-state index in [1.165, 1.54) is 0 Å². The van der Waals surface area contributed by atoms with Gasteiger partial charge in [0.2, 0.25) is 0 Å². The van der Waals surface area contributed by atoms with Gasteiger partial charge < -0.3 is 9.84 Å². The molecule has 1 heterocycles. The smallest absolute Gasteiger partial charge is 0.282 e. The van der Waals surface area contributed by atoms with Gasteiger partial charge >= 0.3 is 0 Å². The van der Waals surface area contributed by atoms with Gasteiger partial charge in [0.05, 0.1) is 17.2 Å². The van der Waals surface area contributed by atoms with Crippen molar-refractivity contribution >= 4 is 11.6 Å². The number of carbonyl (C=O) groups excluding carboxylic acids is 1. The molecule has 1 aromatic heterocycles. The number of hydrogen-bond acceptors (Lipinski definition) is 5. The summed E-state index contributed by atoms with van der Waals surface area (Å²) in [5.74, 6) is -1.09. The maximum absolute atomic E-state index is 13.1. The maximum atomic E-state index is 13.1. The standard InChI is InChI=1S/C12H10FN3O4/c1-7-4-9(20-15-7)6-14-12(17)10-5-8(13)2-3-11(10)16(18)19/h2-5H,6H2,1H3,(H,14,17). The minimum absolute atomic E-state index is 0.00728. The Kier molecular flexibility index (Phi) is 3.74. The third kappa shape index (κ3) is 2.97. The van der Waals surface area contributed by atoms with Crippen LogP contribution in [0.2, 0.25) is 0 Å². The second kappa shape index (κ2) is 5.47. The number of hydrogen-bond donors (Lipinski definition) is 1. The molecular formula is C12H10FN3O4. The van der Waals surface area contributed by atoms with E-state index < -0.39 is 22.3 Å². The Hall–Kier alpha value is -2.77. The van der Waals surface area contributed by atoms with Crippen molar-refractivity contribution in [1.82, 2.24) is 10.5 Å². The van der Waals surface area contributed by atoms with Crippen molar-refractivity contribution in [1.29, 1.82) is 0 Å². The van der Waals surface area contributed by atoms with E-state index in [-0.39, 0.29) is 12.1 Å². The number of nitro groups is 1. The molecule has 0 aliphatic carbocycles. The molecule has 1 aromatic carbocycles. The third-order valence-corrected chi connectivity index (χ3v) is 2.50. The van der Waals surface area contributed by atoms with Crippen molar-refractivity contribution < 1.29 is 18.6 Å².